The van der Waals surface area contributed by atoms with Crippen LogP contribution in [-0.4, -0.2) is 36.9 Å². The second-order valence-electron chi connectivity index (χ2n) is 6.11. The Bertz CT molecular complexity index is 755. The van der Waals surface area contributed by atoms with Crippen molar-refractivity contribution in [2.75, 3.05) is 19.8 Å². The summed E-state index contributed by atoms with van der Waals surface area (Å²) in [7, 11) is 0. The summed E-state index contributed by atoms with van der Waals surface area (Å²) in [6, 6.07) is 12.5. The first-order valence-corrected chi connectivity index (χ1v) is 9.41. The van der Waals surface area contributed by atoms with Crippen molar-refractivity contribution in [1.82, 2.24) is 5.32 Å². The van der Waals surface area contributed by atoms with E-state index < -0.39 is 6.10 Å². The Morgan fingerprint density at radius 1 is 1.19 bits per heavy atom. The van der Waals surface area contributed by atoms with Gasteiger partial charge in [0.05, 0.1) is 11.6 Å². The van der Waals surface area contributed by atoms with Crippen LogP contribution < -0.4 is 14.8 Å². The maximum absolute atomic E-state index is 11.8. The molecule has 0 saturated carbocycles. The molecule has 0 aliphatic heterocycles. The number of carbonyl (C=O) groups is 1. The van der Waals surface area contributed by atoms with Crippen LogP contribution in [0.15, 0.2) is 42.5 Å². The average molecular weight is 412 g/mol. The minimum absolute atomic E-state index is 0.113. The van der Waals surface area contributed by atoms with Gasteiger partial charge in [0.25, 0.3) is 0 Å². The first-order chi connectivity index (χ1) is 12.9. The van der Waals surface area contributed by atoms with Gasteiger partial charge in [-0.2, -0.15) is 0 Å². The van der Waals surface area contributed by atoms with Gasteiger partial charge in [-0.1, -0.05) is 35.3 Å². The van der Waals surface area contributed by atoms with Gasteiger partial charge in [0, 0.05) is 18.0 Å². The fourth-order valence-electron chi connectivity index (χ4n) is 2.28. The van der Waals surface area contributed by atoms with Crippen LogP contribution in [-0.2, 0) is 4.79 Å². The van der Waals surface area contributed by atoms with Gasteiger partial charge in [0.2, 0.25) is 5.91 Å². The van der Waals surface area contributed by atoms with Crippen LogP contribution in [0.3, 0.4) is 0 Å². The standard InChI is InChI=1S/C20H23Cl2NO4/c1-14-4-2-5-17(10-14)27-13-16(24)12-23-20(25)6-3-9-26-19-8-7-15(21)11-18(19)22/h2,4-5,7-8,10-11,16,24H,3,6,9,12-13H2,1H3,(H,23,25). The highest BCUT2D eigenvalue weighted by molar-refractivity contribution is 6.35. The van der Waals surface area contributed by atoms with Crippen LogP contribution in [0.2, 0.25) is 10.0 Å². The van der Waals surface area contributed by atoms with E-state index >= 15 is 0 Å². The summed E-state index contributed by atoms with van der Waals surface area (Å²) >= 11 is 11.8. The van der Waals surface area contributed by atoms with Crippen molar-refractivity contribution in [1.29, 1.82) is 0 Å². The van der Waals surface area contributed by atoms with Crippen molar-refractivity contribution >= 4 is 29.1 Å². The molecule has 1 unspecified atom stereocenters. The first kappa shape index (κ1) is 21.4. The number of amides is 1. The Balaban J connectivity index is 1.58. The summed E-state index contributed by atoms with van der Waals surface area (Å²) in [6.07, 6.45) is 0.0377. The monoisotopic (exact) mass is 411 g/mol. The molecule has 2 aromatic carbocycles. The highest BCUT2D eigenvalue weighted by Gasteiger charge is 2.09. The molecular weight excluding hydrogens is 389 g/mol. The van der Waals surface area contributed by atoms with Crippen LogP contribution in [0.4, 0.5) is 0 Å². The zero-order chi connectivity index (χ0) is 19.6. The lowest BCUT2D eigenvalue weighted by atomic mass is 10.2. The van der Waals surface area contributed by atoms with Gasteiger partial charge >= 0.3 is 0 Å². The molecule has 146 valence electrons. The highest BCUT2D eigenvalue weighted by atomic mass is 35.5. The molecule has 0 saturated heterocycles. The number of aryl methyl sites for hydroxylation is 1. The Labute approximate surface area is 169 Å². The lowest BCUT2D eigenvalue weighted by Crippen LogP contribution is -2.35. The van der Waals surface area contributed by atoms with E-state index in [4.69, 9.17) is 32.7 Å². The van der Waals surface area contributed by atoms with Gasteiger partial charge in [-0.15, -0.1) is 0 Å². The number of hydrogen-bond donors (Lipinski definition) is 2. The molecule has 7 heteroatoms. The molecule has 0 fully saturated rings. The fraction of sp³-hybridized carbons (Fsp3) is 0.350. The first-order valence-electron chi connectivity index (χ1n) is 8.66. The molecule has 2 rings (SSSR count). The smallest absolute Gasteiger partial charge is 0.220 e. The maximum atomic E-state index is 11.8. The number of nitrogens with one attached hydrogen (secondary N) is 1. The van der Waals surface area contributed by atoms with E-state index in [2.05, 4.69) is 5.32 Å². The predicted octanol–water partition coefficient (Wildman–Crippen LogP) is 4.02. The molecule has 0 aromatic heterocycles. The number of aliphatic hydroxyl groups excluding tert-OH is 1. The second-order valence-corrected chi connectivity index (χ2v) is 6.96. The third kappa shape index (κ3) is 8.08. The van der Waals surface area contributed by atoms with Crippen LogP contribution in [0.1, 0.15) is 18.4 Å². The number of benzene rings is 2. The van der Waals surface area contributed by atoms with Crippen LogP contribution >= 0.6 is 23.2 Å². The van der Waals surface area contributed by atoms with Crippen LogP contribution in [0.5, 0.6) is 11.5 Å². The van der Waals surface area contributed by atoms with Gasteiger partial charge in [-0.3, -0.25) is 4.79 Å². The minimum Gasteiger partial charge on any atom is -0.492 e. The van der Waals surface area contributed by atoms with Gasteiger partial charge < -0.3 is 19.9 Å². The average Bonchev–Trinajstić information content (AvgIpc) is 2.63. The fourth-order valence-corrected chi connectivity index (χ4v) is 2.75. The molecule has 0 bridgehead atoms. The Morgan fingerprint density at radius 2 is 2.00 bits per heavy atom. The van der Waals surface area contributed by atoms with Crippen molar-refractivity contribution in [2.24, 2.45) is 0 Å². The van der Waals surface area contributed by atoms with E-state index in [9.17, 15) is 9.90 Å². The van der Waals surface area contributed by atoms with Crippen molar-refractivity contribution < 1.29 is 19.4 Å². The largest absolute Gasteiger partial charge is 0.492 e. The number of rotatable bonds is 10. The molecule has 0 radical (unpaired) electrons. The summed E-state index contributed by atoms with van der Waals surface area (Å²) in [5.41, 5.74) is 1.08. The van der Waals surface area contributed by atoms with Crippen molar-refractivity contribution in [3.05, 3.63) is 58.1 Å². The number of carbonyl (C=O) groups excluding carboxylic acids is 1. The molecular formula is C20H23Cl2NO4. The maximum Gasteiger partial charge on any atom is 0.220 e. The van der Waals surface area contributed by atoms with Crippen molar-refractivity contribution in [2.45, 2.75) is 25.9 Å². The Hall–Kier alpha value is -1.95. The van der Waals surface area contributed by atoms with Gasteiger partial charge in [-0.05, 0) is 49.2 Å². The number of aliphatic hydroxyl groups is 1. The van der Waals surface area contributed by atoms with Crippen molar-refractivity contribution in [3.8, 4) is 11.5 Å². The minimum atomic E-state index is -0.779. The third-order valence-electron chi connectivity index (χ3n) is 3.67. The molecule has 0 aliphatic carbocycles. The SMILES string of the molecule is Cc1cccc(OCC(O)CNC(=O)CCCOc2ccc(Cl)cc2Cl)c1. The normalized spacial score (nSPS) is 11.7. The Morgan fingerprint density at radius 3 is 2.74 bits per heavy atom. The van der Waals surface area contributed by atoms with E-state index in [1.165, 1.54) is 0 Å². The number of ether oxygens (including phenoxy) is 2. The number of halogens is 2. The summed E-state index contributed by atoms with van der Waals surface area (Å²) in [5.74, 6) is 1.07. The highest BCUT2D eigenvalue weighted by Crippen LogP contribution is 2.27. The summed E-state index contributed by atoms with van der Waals surface area (Å²) in [5, 5.41) is 13.6. The molecule has 0 heterocycles. The van der Waals surface area contributed by atoms with Crippen LogP contribution in [0, 0.1) is 6.92 Å². The quantitative estimate of drug-likeness (QED) is 0.579. The van der Waals surface area contributed by atoms with Gasteiger partial charge in [-0.25, -0.2) is 0 Å². The topological polar surface area (TPSA) is 67.8 Å². The molecule has 5 nitrogen and oxygen atoms in total. The third-order valence-corrected chi connectivity index (χ3v) is 4.20. The molecule has 0 aliphatic rings. The predicted molar refractivity (Wildman–Crippen MR) is 107 cm³/mol. The lowest BCUT2D eigenvalue weighted by Gasteiger charge is -2.14. The van der Waals surface area contributed by atoms with Gasteiger partial charge in [0.1, 0.15) is 24.2 Å². The zero-order valence-electron chi connectivity index (χ0n) is 15.1. The summed E-state index contributed by atoms with van der Waals surface area (Å²) < 4.78 is 11.0. The van der Waals surface area contributed by atoms with E-state index in [0.29, 0.717) is 34.6 Å². The molecule has 2 aromatic rings. The van der Waals surface area contributed by atoms with E-state index in [-0.39, 0.29) is 25.5 Å². The van der Waals surface area contributed by atoms with E-state index in [0.717, 1.165) is 5.56 Å². The van der Waals surface area contributed by atoms with Gasteiger partial charge in [0.15, 0.2) is 0 Å². The molecule has 27 heavy (non-hydrogen) atoms. The lowest BCUT2D eigenvalue weighted by molar-refractivity contribution is -0.121. The Kier molecular flexibility index (Phi) is 8.72. The summed E-state index contributed by atoms with van der Waals surface area (Å²) in [6.45, 7) is 2.57. The number of hydrogen-bond acceptors (Lipinski definition) is 4. The van der Waals surface area contributed by atoms with E-state index in [1.807, 2.05) is 31.2 Å². The zero-order valence-corrected chi connectivity index (χ0v) is 16.6. The van der Waals surface area contributed by atoms with Crippen LogP contribution in [0.25, 0.3) is 0 Å². The second kappa shape index (κ2) is 11.0. The molecule has 1 atom stereocenters. The molecule has 0 spiro atoms. The van der Waals surface area contributed by atoms with Crippen molar-refractivity contribution in [3.63, 3.8) is 0 Å². The van der Waals surface area contributed by atoms with E-state index in [1.54, 1.807) is 18.2 Å². The molecule has 2 N–H and O–H groups in total. The molecule has 1 amide bonds. The summed E-state index contributed by atoms with van der Waals surface area (Å²) in [4.78, 5) is 11.8.